The fourth-order valence-corrected chi connectivity index (χ4v) is 0.586. The lowest BCUT2D eigenvalue weighted by atomic mass is 10.2. The van der Waals surface area contributed by atoms with E-state index in [-0.39, 0.29) is 0 Å². The van der Waals surface area contributed by atoms with Crippen LogP contribution in [-0.4, -0.2) is 11.2 Å². The summed E-state index contributed by atoms with van der Waals surface area (Å²) in [6.45, 7) is 7.12. The fourth-order valence-electron chi connectivity index (χ4n) is 0.586. The van der Waals surface area contributed by atoms with E-state index in [1.165, 1.54) is 6.08 Å². The average molecular weight is 160 g/mol. The van der Waals surface area contributed by atoms with Gasteiger partial charge in [-0.15, -0.1) is 6.42 Å². The van der Waals surface area contributed by atoms with E-state index in [1.54, 1.807) is 24.3 Å². The minimum absolute atomic E-state index is 0.835. The van der Waals surface area contributed by atoms with Crippen LogP contribution in [0.25, 0.3) is 0 Å². The molecule has 1 nitrogen and oxygen atoms in total. The van der Waals surface area contributed by atoms with E-state index >= 15 is 0 Å². The molecule has 0 aliphatic heterocycles. The lowest BCUT2D eigenvalue weighted by Gasteiger charge is -1.93. The molecule has 0 spiro atoms. The van der Waals surface area contributed by atoms with Crippen molar-refractivity contribution in [3.8, 4) is 12.3 Å². The van der Waals surface area contributed by atoms with Crippen LogP contribution in [0.15, 0.2) is 49.1 Å². The summed E-state index contributed by atoms with van der Waals surface area (Å²) in [6.07, 6.45) is 12.4. The maximum absolute atomic E-state index is 8.96. The molecule has 0 rings (SSSR count). The third-order valence-corrected chi connectivity index (χ3v) is 1.19. The molecule has 0 amide bonds. The van der Waals surface area contributed by atoms with Gasteiger partial charge in [-0.25, -0.2) is 0 Å². The zero-order valence-corrected chi connectivity index (χ0v) is 6.90. The van der Waals surface area contributed by atoms with Gasteiger partial charge in [-0.2, -0.15) is 0 Å². The van der Waals surface area contributed by atoms with Crippen molar-refractivity contribution in [2.75, 3.05) is 0 Å². The normalized spacial score (nSPS) is 13.8. The fraction of sp³-hybridized carbons (Fsp3) is 0.0909. The van der Waals surface area contributed by atoms with Gasteiger partial charge >= 0.3 is 0 Å². The van der Waals surface area contributed by atoms with Crippen LogP contribution >= 0.6 is 0 Å². The minimum atomic E-state index is -0.835. The molecule has 12 heavy (non-hydrogen) atoms. The molecule has 0 aliphatic carbocycles. The average Bonchev–Trinajstić information content (AvgIpc) is 2.11. The lowest BCUT2D eigenvalue weighted by Crippen LogP contribution is -1.95. The van der Waals surface area contributed by atoms with Crippen molar-refractivity contribution in [2.24, 2.45) is 0 Å². The Labute approximate surface area is 73.4 Å². The molecule has 0 saturated heterocycles. The quantitative estimate of drug-likeness (QED) is 0.491. The molecular weight excluding hydrogens is 148 g/mol. The number of aliphatic hydroxyl groups excluding tert-OH is 1. The first kappa shape index (κ1) is 10.5. The highest BCUT2D eigenvalue weighted by Crippen LogP contribution is 1.99. The highest BCUT2D eigenvalue weighted by atomic mass is 16.3. The molecular formula is C11H12O. The summed E-state index contributed by atoms with van der Waals surface area (Å²) < 4.78 is 0. The molecule has 1 unspecified atom stereocenters. The van der Waals surface area contributed by atoms with Gasteiger partial charge in [0.1, 0.15) is 6.10 Å². The summed E-state index contributed by atoms with van der Waals surface area (Å²) in [5, 5.41) is 8.96. The van der Waals surface area contributed by atoms with Gasteiger partial charge in [-0.1, -0.05) is 43.4 Å². The van der Waals surface area contributed by atoms with Gasteiger partial charge in [0.15, 0.2) is 0 Å². The zero-order chi connectivity index (χ0) is 9.40. The molecule has 62 valence electrons. The van der Waals surface area contributed by atoms with Gasteiger partial charge in [0.2, 0.25) is 0 Å². The van der Waals surface area contributed by atoms with Crippen LogP contribution in [0.5, 0.6) is 0 Å². The predicted molar refractivity (Wildman–Crippen MR) is 52.5 cm³/mol. The monoisotopic (exact) mass is 160 g/mol. The van der Waals surface area contributed by atoms with E-state index in [2.05, 4.69) is 19.1 Å². The SMILES string of the molecule is C#CC(O)/C=C/C(C=C)=C/C=C. The van der Waals surface area contributed by atoms with Crippen LogP contribution in [0, 0.1) is 12.3 Å². The third kappa shape index (κ3) is 4.32. The van der Waals surface area contributed by atoms with Gasteiger partial charge in [0.05, 0.1) is 0 Å². The van der Waals surface area contributed by atoms with E-state index in [0.717, 1.165) is 5.57 Å². The van der Waals surface area contributed by atoms with Crippen LogP contribution in [0.2, 0.25) is 0 Å². The molecule has 0 fully saturated rings. The van der Waals surface area contributed by atoms with Gasteiger partial charge < -0.3 is 5.11 Å². The first-order valence-corrected chi connectivity index (χ1v) is 3.52. The van der Waals surface area contributed by atoms with E-state index in [4.69, 9.17) is 11.5 Å². The van der Waals surface area contributed by atoms with Crippen LogP contribution < -0.4 is 0 Å². The number of allylic oxidation sites excluding steroid dienone is 5. The van der Waals surface area contributed by atoms with Crippen molar-refractivity contribution in [1.29, 1.82) is 0 Å². The van der Waals surface area contributed by atoms with Gasteiger partial charge in [0.25, 0.3) is 0 Å². The lowest BCUT2D eigenvalue weighted by molar-refractivity contribution is 0.281. The van der Waals surface area contributed by atoms with Gasteiger partial charge in [-0.3, -0.25) is 0 Å². The van der Waals surface area contributed by atoms with Gasteiger partial charge in [0, 0.05) is 0 Å². The van der Waals surface area contributed by atoms with E-state index < -0.39 is 6.10 Å². The Morgan fingerprint density at radius 2 is 2.17 bits per heavy atom. The number of rotatable bonds is 4. The van der Waals surface area contributed by atoms with Crippen molar-refractivity contribution < 1.29 is 5.11 Å². The Balaban J connectivity index is 4.31. The van der Waals surface area contributed by atoms with Crippen molar-refractivity contribution in [1.82, 2.24) is 0 Å². The second kappa shape index (κ2) is 6.21. The molecule has 0 saturated carbocycles. The maximum Gasteiger partial charge on any atom is 0.133 e. The molecule has 0 aromatic carbocycles. The van der Waals surface area contributed by atoms with Crippen molar-refractivity contribution in [3.63, 3.8) is 0 Å². The van der Waals surface area contributed by atoms with Crippen molar-refractivity contribution in [2.45, 2.75) is 6.10 Å². The molecule has 1 N–H and O–H groups in total. The third-order valence-electron chi connectivity index (χ3n) is 1.19. The van der Waals surface area contributed by atoms with E-state index in [1.807, 2.05) is 0 Å². The molecule has 0 bridgehead atoms. The summed E-state index contributed by atoms with van der Waals surface area (Å²) >= 11 is 0. The van der Waals surface area contributed by atoms with E-state index in [9.17, 15) is 0 Å². The standard InChI is InChI=1S/C11H12O/c1-4-7-10(5-2)8-9-11(12)6-3/h3-5,7-9,11-12H,1-2H2/b9-8+,10-7+. The number of hydrogen-bond donors (Lipinski definition) is 1. The molecule has 0 aromatic rings. The van der Waals surface area contributed by atoms with Crippen LogP contribution in [0.4, 0.5) is 0 Å². The summed E-state index contributed by atoms with van der Waals surface area (Å²) in [7, 11) is 0. The largest absolute Gasteiger partial charge is 0.377 e. The zero-order valence-electron chi connectivity index (χ0n) is 6.90. The second-order valence-electron chi connectivity index (χ2n) is 2.08. The van der Waals surface area contributed by atoms with Crippen molar-refractivity contribution in [3.05, 3.63) is 49.1 Å². The highest BCUT2D eigenvalue weighted by Gasteiger charge is 1.88. The summed E-state index contributed by atoms with van der Waals surface area (Å²) in [5.74, 6) is 2.17. The molecule has 0 aliphatic rings. The number of terminal acetylenes is 1. The first-order valence-electron chi connectivity index (χ1n) is 3.52. The van der Waals surface area contributed by atoms with Crippen LogP contribution in [-0.2, 0) is 0 Å². The van der Waals surface area contributed by atoms with Crippen LogP contribution in [0.3, 0.4) is 0 Å². The minimum Gasteiger partial charge on any atom is -0.377 e. The highest BCUT2D eigenvalue weighted by molar-refractivity contribution is 5.33. The molecule has 0 heterocycles. The van der Waals surface area contributed by atoms with E-state index in [0.29, 0.717) is 0 Å². The second-order valence-corrected chi connectivity index (χ2v) is 2.08. The summed E-state index contributed by atoms with van der Waals surface area (Å²) in [5.41, 5.74) is 0.860. The molecule has 0 aromatic heterocycles. The van der Waals surface area contributed by atoms with Gasteiger partial charge in [-0.05, 0) is 11.6 Å². The maximum atomic E-state index is 8.96. The van der Waals surface area contributed by atoms with Crippen molar-refractivity contribution >= 4 is 0 Å². The predicted octanol–water partition coefficient (Wildman–Crippen LogP) is 1.84. The Morgan fingerprint density at radius 1 is 1.50 bits per heavy atom. The topological polar surface area (TPSA) is 20.2 Å². The molecule has 0 radical (unpaired) electrons. The Kier molecular flexibility index (Phi) is 5.42. The Bertz CT molecular complexity index is 251. The summed E-state index contributed by atoms with van der Waals surface area (Å²) in [6, 6.07) is 0. The summed E-state index contributed by atoms with van der Waals surface area (Å²) in [4.78, 5) is 0. The number of aliphatic hydroxyl groups is 1. The number of hydrogen-bond acceptors (Lipinski definition) is 1. The van der Waals surface area contributed by atoms with Crippen LogP contribution in [0.1, 0.15) is 0 Å². The first-order chi connectivity index (χ1) is 5.74. The molecule has 1 heteroatoms. The molecule has 1 atom stereocenters. The Hall–Kier alpha value is -1.52. The Morgan fingerprint density at radius 3 is 2.58 bits per heavy atom. The smallest absolute Gasteiger partial charge is 0.133 e.